The summed E-state index contributed by atoms with van der Waals surface area (Å²) in [6.45, 7) is 5.06. The number of halogens is 1. The molecule has 32 heavy (non-hydrogen) atoms. The first kappa shape index (κ1) is 22.2. The SMILES string of the molecule is COc1cc(/C=N/N2CCN(Cc3ccccc3Cl)CC2)ccc1OCc1ccccc1. The minimum atomic E-state index is 0.503. The number of hydrogen-bond donors (Lipinski definition) is 0. The molecule has 0 atom stereocenters. The third-order valence-electron chi connectivity index (χ3n) is 5.50. The third kappa shape index (κ3) is 6.02. The van der Waals surface area contributed by atoms with Crippen LogP contribution in [0.25, 0.3) is 0 Å². The highest BCUT2D eigenvalue weighted by atomic mass is 35.5. The molecule has 0 amide bonds. The first-order chi connectivity index (χ1) is 15.7. The van der Waals surface area contributed by atoms with E-state index in [9.17, 15) is 0 Å². The summed E-state index contributed by atoms with van der Waals surface area (Å²) in [6.07, 6.45) is 1.88. The van der Waals surface area contributed by atoms with Gasteiger partial charge in [0.1, 0.15) is 6.61 Å². The molecule has 3 aromatic rings. The van der Waals surface area contributed by atoms with Crippen molar-refractivity contribution >= 4 is 17.8 Å². The number of methoxy groups -OCH3 is 1. The fraction of sp³-hybridized carbons (Fsp3) is 0.269. The summed E-state index contributed by atoms with van der Waals surface area (Å²) in [5.74, 6) is 1.43. The number of rotatable bonds is 8. The number of hydrazone groups is 1. The van der Waals surface area contributed by atoms with Crippen molar-refractivity contribution in [3.63, 3.8) is 0 Å². The number of piperazine rings is 1. The van der Waals surface area contributed by atoms with Crippen LogP contribution < -0.4 is 9.47 Å². The molecule has 6 heteroatoms. The largest absolute Gasteiger partial charge is 0.493 e. The van der Waals surface area contributed by atoms with E-state index in [0.29, 0.717) is 12.4 Å². The van der Waals surface area contributed by atoms with Gasteiger partial charge in [-0.2, -0.15) is 5.10 Å². The quantitative estimate of drug-likeness (QED) is 0.449. The van der Waals surface area contributed by atoms with Crippen molar-refractivity contribution in [1.29, 1.82) is 0 Å². The monoisotopic (exact) mass is 449 g/mol. The molecule has 1 aliphatic rings. The highest BCUT2D eigenvalue weighted by molar-refractivity contribution is 6.31. The van der Waals surface area contributed by atoms with E-state index in [2.05, 4.69) is 21.1 Å². The van der Waals surface area contributed by atoms with Gasteiger partial charge in [-0.05, 0) is 41.0 Å². The molecule has 0 aliphatic carbocycles. The molecule has 0 spiro atoms. The van der Waals surface area contributed by atoms with Crippen LogP contribution in [-0.4, -0.2) is 49.4 Å². The van der Waals surface area contributed by atoms with E-state index in [0.717, 1.165) is 54.6 Å². The second kappa shape index (κ2) is 11.0. The lowest BCUT2D eigenvalue weighted by Gasteiger charge is -2.33. The molecule has 0 radical (unpaired) electrons. The van der Waals surface area contributed by atoms with E-state index in [1.807, 2.05) is 72.9 Å². The van der Waals surface area contributed by atoms with Crippen LogP contribution in [0.15, 0.2) is 77.9 Å². The molecule has 0 saturated carbocycles. The van der Waals surface area contributed by atoms with Gasteiger partial charge in [0.25, 0.3) is 0 Å². The molecular formula is C26H28ClN3O2. The maximum absolute atomic E-state index is 6.30. The predicted octanol–water partition coefficient (Wildman–Crippen LogP) is 5.08. The van der Waals surface area contributed by atoms with Gasteiger partial charge in [0.2, 0.25) is 0 Å². The average Bonchev–Trinajstić information content (AvgIpc) is 2.84. The lowest BCUT2D eigenvalue weighted by molar-refractivity contribution is 0.131. The fourth-order valence-corrected chi connectivity index (χ4v) is 3.84. The Morgan fingerprint density at radius 1 is 0.906 bits per heavy atom. The molecule has 3 aromatic carbocycles. The zero-order valence-electron chi connectivity index (χ0n) is 18.3. The first-order valence-electron chi connectivity index (χ1n) is 10.8. The zero-order valence-corrected chi connectivity index (χ0v) is 19.0. The fourth-order valence-electron chi connectivity index (χ4n) is 3.65. The maximum atomic E-state index is 6.30. The molecule has 0 bridgehead atoms. The van der Waals surface area contributed by atoms with Crippen molar-refractivity contribution in [2.45, 2.75) is 13.2 Å². The van der Waals surface area contributed by atoms with Gasteiger partial charge >= 0.3 is 0 Å². The van der Waals surface area contributed by atoms with E-state index < -0.39 is 0 Å². The number of hydrogen-bond acceptors (Lipinski definition) is 5. The van der Waals surface area contributed by atoms with E-state index in [1.165, 1.54) is 5.56 Å². The van der Waals surface area contributed by atoms with Crippen LogP contribution in [0.3, 0.4) is 0 Å². The molecule has 1 fully saturated rings. The molecule has 0 N–H and O–H groups in total. The Balaban J connectivity index is 1.30. The molecular weight excluding hydrogens is 422 g/mol. The van der Waals surface area contributed by atoms with Crippen molar-refractivity contribution < 1.29 is 9.47 Å². The third-order valence-corrected chi connectivity index (χ3v) is 5.86. The second-order valence-electron chi connectivity index (χ2n) is 7.75. The van der Waals surface area contributed by atoms with Crippen molar-refractivity contribution in [1.82, 2.24) is 9.91 Å². The molecule has 1 aliphatic heterocycles. The van der Waals surface area contributed by atoms with Gasteiger partial charge in [-0.1, -0.05) is 60.1 Å². The topological polar surface area (TPSA) is 37.3 Å². The van der Waals surface area contributed by atoms with Gasteiger partial charge < -0.3 is 9.47 Å². The van der Waals surface area contributed by atoms with Crippen LogP contribution >= 0.6 is 11.6 Å². The summed E-state index contributed by atoms with van der Waals surface area (Å²) in [5.41, 5.74) is 3.27. The van der Waals surface area contributed by atoms with Gasteiger partial charge in [0.05, 0.1) is 13.3 Å². The van der Waals surface area contributed by atoms with Gasteiger partial charge in [0, 0.05) is 37.7 Å². The molecule has 166 valence electrons. The van der Waals surface area contributed by atoms with Crippen LogP contribution in [0.2, 0.25) is 5.02 Å². The van der Waals surface area contributed by atoms with E-state index in [1.54, 1.807) is 7.11 Å². The van der Waals surface area contributed by atoms with Crippen molar-refractivity contribution in [3.05, 3.63) is 94.5 Å². The van der Waals surface area contributed by atoms with E-state index in [-0.39, 0.29) is 0 Å². The Morgan fingerprint density at radius 3 is 2.41 bits per heavy atom. The Labute approximate surface area is 194 Å². The Kier molecular flexibility index (Phi) is 7.64. The number of benzene rings is 3. The molecule has 0 aromatic heterocycles. The van der Waals surface area contributed by atoms with Crippen LogP contribution in [0.1, 0.15) is 16.7 Å². The van der Waals surface area contributed by atoms with Crippen LogP contribution in [0.4, 0.5) is 0 Å². The minimum absolute atomic E-state index is 0.503. The minimum Gasteiger partial charge on any atom is -0.493 e. The number of nitrogens with zero attached hydrogens (tertiary/aromatic N) is 3. The highest BCUT2D eigenvalue weighted by Gasteiger charge is 2.16. The van der Waals surface area contributed by atoms with Crippen molar-refractivity contribution in [2.75, 3.05) is 33.3 Å². The highest BCUT2D eigenvalue weighted by Crippen LogP contribution is 2.28. The Hall–Kier alpha value is -3.02. The lowest BCUT2D eigenvalue weighted by atomic mass is 10.2. The maximum Gasteiger partial charge on any atom is 0.161 e. The predicted molar refractivity (Wildman–Crippen MR) is 130 cm³/mol. The second-order valence-corrected chi connectivity index (χ2v) is 8.16. The molecule has 1 heterocycles. The summed E-state index contributed by atoms with van der Waals surface area (Å²) in [6, 6.07) is 24.0. The summed E-state index contributed by atoms with van der Waals surface area (Å²) in [4.78, 5) is 2.41. The van der Waals surface area contributed by atoms with Gasteiger partial charge in [0.15, 0.2) is 11.5 Å². The zero-order chi connectivity index (χ0) is 22.2. The van der Waals surface area contributed by atoms with Gasteiger partial charge in [-0.25, -0.2) is 0 Å². The molecule has 0 unspecified atom stereocenters. The summed E-state index contributed by atoms with van der Waals surface area (Å²) >= 11 is 6.30. The van der Waals surface area contributed by atoms with Crippen molar-refractivity contribution in [3.8, 4) is 11.5 Å². The molecule has 4 rings (SSSR count). The van der Waals surface area contributed by atoms with E-state index in [4.69, 9.17) is 21.1 Å². The summed E-state index contributed by atoms with van der Waals surface area (Å²) < 4.78 is 11.5. The summed E-state index contributed by atoms with van der Waals surface area (Å²) in [5, 5.41) is 7.61. The van der Waals surface area contributed by atoms with Gasteiger partial charge in [-0.3, -0.25) is 9.91 Å². The standard InChI is InChI=1S/C26H28ClN3O2/c1-31-26-17-22(11-12-25(26)32-20-21-7-3-2-4-8-21)18-28-30-15-13-29(14-16-30)19-23-9-5-6-10-24(23)27/h2-12,17-18H,13-16,19-20H2,1H3/b28-18+. The normalized spacial score (nSPS) is 14.6. The average molecular weight is 450 g/mol. The summed E-state index contributed by atoms with van der Waals surface area (Å²) in [7, 11) is 1.66. The van der Waals surface area contributed by atoms with Gasteiger partial charge in [-0.15, -0.1) is 0 Å². The van der Waals surface area contributed by atoms with Crippen molar-refractivity contribution in [2.24, 2.45) is 5.10 Å². The lowest BCUT2D eigenvalue weighted by Crippen LogP contribution is -2.43. The van der Waals surface area contributed by atoms with Crippen LogP contribution in [0, 0.1) is 0 Å². The van der Waals surface area contributed by atoms with Crippen LogP contribution in [-0.2, 0) is 13.2 Å². The Bertz CT molecular complexity index is 1030. The number of ether oxygens (including phenoxy) is 2. The van der Waals surface area contributed by atoms with E-state index >= 15 is 0 Å². The smallest absolute Gasteiger partial charge is 0.161 e. The first-order valence-corrected chi connectivity index (χ1v) is 11.2. The molecule has 5 nitrogen and oxygen atoms in total. The molecule has 1 saturated heterocycles. The van der Waals surface area contributed by atoms with Crippen LogP contribution in [0.5, 0.6) is 11.5 Å². The Morgan fingerprint density at radius 2 is 1.66 bits per heavy atom.